The van der Waals surface area contributed by atoms with Crippen molar-refractivity contribution in [3.63, 3.8) is 0 Å². The minimum Gasteiger partial charge on any atom is -0.497 e. The molecule has 0 saturated carbocycles. The van der Waals surface area contributed by atoms with Crippen LogP contribution in [0.1, 0.15) is 49.3 Å². The van der Waals surface area contributed by atoms with Crippen LogP contribution < -0.4 is 10.1 Å². The molecule has 0 aliphatic heterocycles. The first kappa shape index (κ1) is 22.6. The standard InChI is InChI=1S/C20H27N3O5S/c1-6-27-17(24)12-16-22-23-18(29-16)15(21-19(25)28-20(2,3)4)11-13-7-9-14(26-5)10-8-13/h7-10,15H,6,11-12H2,1-5H3,(H,21,25). The highest BCUT2D eigenvalue weighted by Gasteiger charge is 2.24. The van der Waals surface area contributed by atoms with Gasteiger partial charge in [0.15, 0.2) is 0 Å². The molecule has 158 valence electrons. The van der Waals surface area contributed by atoms with Crippen LogP contribution in [0.15, 0.2) is 24.3 Å². The lowest BCUT2D eigenvalue weighted by atomic mass is 10.1. The summed E-state index contributed by atoms with van der Waals surface area (Å²) in [5.74, 6) is 0.389. The van der Waals surface area contributed by atoms with Gasteiger partial charge in [0.05, 0.1) is 26.2 Å². The molecule has 0 aliphatic carbocycles. The summed E-state index contributed by atoms with van der Waals surface area (Å²) in [5, 5.41) is 12.2. The van der Waals surface area contributed by atoms with Gasteiger partial charge in [0.25, 0.3) is 0 Å². The number of rotatable bonds is 8. The molecule has 29 heavy (non-hydrogen) atoms. The summed E-state index contributed by atoms with van der Waals surface area (Å²) >= 11 is 1.26. The summed E-state index contributed by atoms with van der Waals surface area (Å²) in [6, 6.07) is 7.09. The molecule has 8 nitrogen and oxygen atoms in total. The fraction of sp³-hybridized carbons (Fsp3) is 0.500. The molecule has 2 rings (SSSR count). The summed E-state index contributed by atoms with van der Waals surface area (Å²) in [6.45, 7) is 7.46. The highest BCUT2D eigenvalue weighted by molar-refractivity contribution is 7.11. The van der Waals surface area contributed by atoms with Crippen molar-refractivity contribution in [3.8, 4) is 5.75 Å². The molecule has 1 atom stereocenters. The molecule has 0 bridgehead atoms. The first-order valence-corrected chi connectivity index (χ1v) is 10.1. The van der Waals surface area contributed by atoms with E-state index < -0.39 is 17.7 Å². The van der Waals surface area contributed by atoms with Gasteiger partial charge in [-0.3, -0.25) is 4.79 Å². The highest BCUT2D eigenvalue weighted by Crippen LogP contribution is 2.24. The van der Waals surface area contributed by atoms with Crippen molar-refractivity contribution in [2.24, 2.45) is 0 Å². The van der Waals surface area contributed by atoms with Gasteiger partial charge in [0, 0.05) is 0 Å². The zero-order valence-electron chi connectivity index (χ0n) is 17.4. The van der Waals surface area contributed by atoms with E-state index >= 15 is 0 Å². The molecule has 1 amide bonds. The van der Waals surface area contributed by atoms with E-state index in [4.69, 9.17) is 14.2 Å². The Bertz CT molecular complexity index is 814. The van der Waals surface area contributed by atoms with Crippen LogP contribution in [0.5, 0.6) is 5.75 Å². The molecule has 1 aromatic carbocycles. The molecular formula is C20H27N3O5S. The Kier molecular flexibility index (Phi) is 7.95. The minimum atomic E-state index is -0.620. The molecule has 1 N–H and O–H groups in total. The number of carbonyl (C=O) groups excluding carboxylic acids is 2. The van der Waals surface area contributed by atoms with Gasteiger partial charge in [-0.2, -0.15) is 0 Å². The average Bonchev–Trinajstić information content (AvgIpc) is 3.08. The van der Waals surface area contributed by atoms with Gasteiger partial charge in [-0.1, -0.05) is 23.5 Å². The van der Waals surface area contributed by atoms with Crippen molar-refractivity contribution < 1.29 is 23.8 Å². The van der Waals surface area contributed by atoms with Crippen LogP contribution in [0.3, 0.4) is 0 Å². The molecule has 0 fully saturated rings. The monoisotopic (exact) mass is 421 g/mol. The summed E-state index contributed by atoms with van der Waals surface area (Å²) in [7, 11) is 1.61. The Balaban J connectivity index is 2.18. The number of ether oxygens (including phenoxy) is 3. The summed E-state index contributed by atoms with van der Waals surface area (Å²) in [6.07, 6.45) is -0.0112. The van der Waals surface area contributed by atoms with Gasteiger partial charge in [0.2, 0.25) is 0 Å². The van der Waals surface area contributed by atoms with Crippen LogP contribution in [-0.4, -0.2) is 41.6 Å². The van der Waals surface area contributed by atoms with E-state index in [1.165, 1.54) is 11.3 Å². The number of amides is 1. The zero-order chi connectivity index (χ0) is 21.4. The van der Waals surface area contributed by atoms with E-state index in [9.17, 15) is 9.59 Å². The third-order valence-corrected chi connectivity index (χ3v) is 4.71. The lowest BCUT2D eigenvalue weighted by Gasteiger charge is -2.22. The van der Waals surface area contributed by atoms with Crippen molar-refractivity contribution in [2.45, 2.75) is 52.2 Å². The van der Waals surface area contributed by atoms with E-state index in [1.54, 1.807) is 34.8 Å². The number of benzene rings is 1. The number of nitrogens with one attached hydrogen (secondary N) is 1. The van der Waals surface area contributed by atoms with Crippen molar-refractivity contribution in [1.29, 1.82) is 0 Å². The third-order valence-electron chi connectivity index (χ3n) is 3.67. The molecule has 0 radical (unpaired) electrons. The van der Waals surface area contributed by atoms with E-state index in [0.717, 1.165) is 11.3 Å². The predicted molar refractivity (Wildman–Crippen MR) is 109 cm³/mol. The first-order chi connectivity index (χ1) is 13.7. The van der Waals surface area contributed by atoms with Gasteiger partial charge in [-0.25, -0.2) is 4.79 Å². The molecule has 2 aromatic rings. The number of carbonyl (C=O) groups is 2. The van der Waals surface area contributed by atoms with Crippen LogP contribution in [0, 0.1) is 0 Å². The van der Waals surface area contributed by atoms with Crippen molar-refractivity contribution in [2.75, 3.05) is 13.7 Å². The number of hydrogen-bond acceptors (Lipinski definition) is 8. The van der Waals surface area contributed by atoms with Crippen molar-refractivity contribution >= 4 is 23.4 Å². The van der Waals surface area contributed by atoms with E-state index in [0.29, 0.717) is 23.0 Å². The SMILES string of the molecule is CCOC(=O)Cc1nnc(C(Cc2ccc(OC)cc2)NC(=O)OC(C)(C)C)s1. The fourth-order valence-corrected chi connectivity index (χ4v) is 3.34. The second-order valence-corrected chi connectivity index (χ2v) is 8.36. The largest absolute Gasteiger partial charge is 0.497 e. The minimum absolute atomic E-state index is 0.0488. The van der Waals surface area contributed by atoms with Crippen molar-refractivity contribution in [3.05, 3.63) is 39.8 Å². The Morgan fingerprint density at radius 2 is 1.86 bits per heavy atom. The molecule has 1 aromatic heterocycles. The van der Waals surface area contributed by atoms with Crippen LogP contribution in [0.25, 0.3) is 0 Å². The van der Waals surface area contributed by atoms with Crippen molar-refractivity contribution in [1.82, 2.24) is 15.5 Å². The van der Waals surface area contributed by atoms with E-state index in [2.05, 4.69) is 15.5 Å². The third kappa shape index (κ3) is 7.69. The summed E-state index contributed by atoms with van der Waals surface area (Å²) in [5.41, 5.74) is 0.360. The Hall–Kier alpha value is -2.68. The second-order valence-electron chi connectivity index (χ2n) is 7.27. The molecule has 0 spiro atoms. The van der Waals surface area contributed by atoms with E-state index in [-0.39, 0.29) is 12.4 Å². The Labute approximate surface area is 174 Å². The average molecular weight is 422 g/mol. The maximum Gasteiger partial charge on any atom is 0.408 e. The topological polar surface area (TPSA) is 99.6 Å². The normalized spacial score (nSPS) is 12.2. The molecular weight excluding hydrogens is 394 g/mol. The van der Waals surface area contributed by atoms with Crippen LogP contribution >= 0.6 is 11.3 Å². The van der Waals surface area contributed by atoms with E-state index in [1.807, 2.05) is 24.3 Å². The van der Waals surface area contributed by atoms with Crippen LogP contribution in [-0.2, 0) is 27.1 Å². The maximum absolute atomic E-state index is 12.3. The predicted octanol–water partition coefficient (Wildman–Crippen LogP) is 3.46. The molecule has 1 heterocycles. The number of aromatic nitrogens is 2. The van der Waals surface area contributed by atoms with Crippen LogP contribution in [0.2, 0.25) is 0 Å². The second kappa shape index (κ2) is 10.2. The number of methoxy groups -OCH3 is 1. The van der Waals surface area contributed by atoms with Gasteiger partial charge >= 0.3 is 12.1 Å². The van der Waals surface area contributed by atoms with Gasteiger partial charge in [-0.15, -0.1) is 10.2 Å². The molecule has 0 saturated heterocycles. The maximum atomic E-state index is 12.3. The number of alkyl carbamates (subject to hydrolysis) is 1. The smallest absolute Gasteiger partial charge is 0.408 e. The number of esters is 1. The first-order valence-electron chi connectivity index (χ1n) is 9.30. The quantitative estimate of drug-likeness (QED) is 0.652. The Morgan fingerprint density at radius 1 is 1.17 bits per heavy atom. The lowest BCUT2D eigenvalue weighted by molar-refractivity contribution is -0.142. The molecule has 9 heteroatoms. The van der Waals surface area contributed by atoms with Gasteiger partial charge < -0.3 is 19.5 Å². The highest BCUT2D eigenvalue weighted by atomic mass is 32.1. The number of hydrogen-bond donors (Lipinski definition) is 1. The lowest BCUT2D eigenvalue weighted by Crippen LogP contribution is -2.35. The summed E-state index contributed by atoms with van der Waals surface area (Å²) in [4.78, 5) is 24.0. The Morgan fingerprint density at radius 3 is 2.45 bits per heavy atom. The number of nitrogens with zero attached hydrogens (tertiary/aromatic N) is 2. The van der Waals surface area contributed by atoms with Gasteiger partial charge in [0.1, 0.15) is 21.4 Å². The fourth-order valence-electron chi connectivity index (χ4n) is 2.46. The molecule has 1 unspecified atom stereocenters. The van der Waals surface area contributed by atoms with Gasteiger partial charge in [-0.05, 0) is 51.8 Å². The van der Waals surface area contributed by atoms with Crippen LogP contribution in [0.4, 0.5) is 4.79 Å². The summed E-state index contributed by atoms with van der Waals surface area (Å²) < 4.78 is 15.5. The molecule has 0 aliphatic rings. The zero-order valence-corrected chi connectivity index (χ0v) is 18.2.